The standard InChI is InChI=1S/C32H36O4/c1-3-5-13-23-20-21(4-2)29(24-16-9-11-18-26(24)31(33)34)30(28(23)22-14-7-6-8-15-22)25-17-10-12-19-27(25)32(35)36/h9-12,16-20,22H,3-8,13-15H2,1-2H3,(H,33,34)(H,35,36). The van der Waals surface area contributed by atoms with E-state index in [-0.39, 0.29) is 11.1 Å². The number of carboxylic acid groups (broad SMARTS) is 2. The normalized spacial score (nSPS) is 14.1. The summed E-state index contributed by atoms with van der Waals surface area (Å²) in [4.78, 5) is 24.7. The van der Waals surface area contributed by atoms with Crippen molar-refractivity contribution < 1.29 is 19.8 Å². The van der Waals surface area contributed by atoms with Gasteiger partial charge in [-0.05, 0) is 89.1 Å². The average molecular weight is 485 g/mol. The van der Waals surface area contributed by atoms with Crippen LogP contribution >= 0.6 is 0 Å². The van der Waals surface area contributed by atoms with Crippen LogP contribution in [0.2, 0.25) is 0 Å². The highest BCUT2D eigenvalue weighted by Crippen LogP contribution is 2.48. The van der Waals surface area contributed by atoms with Crippen LogP contribution in [-0.4, -0.2) is 22.2 Å². The minimum absolute atomic E-state index is 0.247. The lowest BCUT2D eigenvalue weighted by atomic mass is 9.73. The largest absolute Gasteiger partial charge is 0.478 e. The van der Waals surface area contributed by atoms with Gasteiger partial charge in [-0.15, -0.1) is 0 Å². The molecule has 0 spiro atoms. The fraction of sp³-hybridized carbons (Fsp3) is 0.375. The maximum Gasteiger partial charge on any atom is 0.336 e. The van der Waals surface area contributed by atoms with Crippen molar-refractivity contribution in [2.75, 3.05) is 0 Å². The minimum atomic E-state index is -0.973. The molecule has 4 rings (SSSR count). The number of hydrogen-bond donors (Lipinski definition) is 2. The first kappa shape index (κ1) is 25.7. The summed E-state index contributed by atoms with van der Waals surface area (Å²) < 4.78 is 0. The molecule has 0 amide bonds. The lowest BCUT2D eigenvalue weighted by Crippen LogP contribution is -2.14. The summed E-state index contributed by atoms with van der Waals surface area (Å²) in [6.07, 6.45) is 9.52. The monoisotopic (exact) mass is 484 g/mol. The highest BCUT2D eigenvalue weighted by atomic mass is 16.4. The highest BCUT2D eigenvalue weighted by molar-refractivity contribution is 6.04. The molecule has 36 heavy (non-hydrogen) atoms. The Morgan fingerprint density at radius 2 is 1.33 bits per heavy atom. The number of aromatic carboxylic acids is 2. The number of unbranched alkanes of at least 4 members (excludes halogenated alkanes) is 1. The molecule has 4 nitrogen and oxygen atoms in total. The quantitative estimate of drug-likeness (QED) is 0.320. The van der Waals surface area contributed by atoms with E-state index in [0.29, 0.717) is 17.0 Å². The van der Waals surface area contributed by atoms with Gasteiger partial charge in [0.2, 0.25) is 0 Å². The summed E-state index contributed by atoms with van der Waals surface area (Å²) in [6.45, 7) is 4.29. The Morgan fingerprint density at radius 3 is 1.86 bits per heavy atom. The lowest BCUT2D eigenvalue weighted by molar-refractivity contribution is 0.0686. The molecule has 1 aliphatic carbocycles. The van der Waals surface area contributed by atoms with Crippen LogP contribution in [0.25, 0.3) is 22.3 Å². The smallest absolute Gasteiger partial charge is 0.336 e. The fourth-order valence-corrected chi connectivity index (χ4v) is 5.89. The molecule has 2 N–H and O–H groups in total. The van der Waals surface area contributed by atoms with E-state index in [2.05, 4.69) is 19.9 Å². The lowest BCUT2D eigenvalue weighted by Gasteiger charge is -2.31. The zero-order chi connectivity index (χ0) is 25.7. The number of rotatable bonds is 9. The van der Waals surface area contributed by atoms with Crippen molar-refractivity contribution in [2.24, 2.45) is 0 Å². The van der Waals surface area contributed by atoms with Crippen molar-refractivity contribution in [1.82, 2.24) is 0 Å². The van der Waals surface area contributed by atoms with Crippen LogP contribution < -0.4 is 0 Å². The first-order valence-electron chi connectivity index (χ1n) is 13.3. The Balaban J connectivity index is 2.18. The van der Waals surface area contributed by atoms with Crippen LogP contribution in [0.1, 0.15) is 102 Å². The van der Waals surface area contributed by atoms with Crippen molar-refractivity contribution in [3.8, 4) is 22.3 Å². The second-order valence-corrected chi connectivity index (χ2v) is 9.85. The molecular formula is C32H36O4. The van der Waals surface area contributed by atoms with Gasteiger partial charge in [0.25, 0.3) is 0 Å². The van der Waals surface area contributed by atoms with Crippen LogP contribution in [-0.2, 0) is 12.8 Å². The van der Waals surface area contributed by atoms with Gasteiger partial charge in [-0.25, -0.2) is 9.59 Å². The Kier molecular flexibility index (Phi) is 8.25. The van der Waals surface area contributed by atoms with E-state index in [1.807, 2.05) is 24.3 Å². The second-order valence-electron chi connectivity index (χ2n) is 9.85. The first-order valence-corrected chi connectivity index (χ1v) is 13.3. The third-order valence-corrected chi connectivity index (χ3v) is 7.58. The van der Waals surface area contributed by atoms with Crippen molar-refractivity contribution >= 4 is 11.9 Å². The zero-order valence-electron chi connectivity index (χ0n) is 21.3. The van der Waals surface area contributed by atoms with Gasteiger partial charge < -0.3 is 10.2 Å². The van der Waals surface area contributed by atoms with E-state index in [1.54, 1.807) is 24.3 Å². The molecule has 0 aromatic heterocycles. The van der Waals surface area contributed by atoms with E-state index >= 15 is 0 Å². The number of hydrogen-bond acceptors (Lipinski definition) is 2. The summed E-state index contributed by atoms with van der Waals surface area (Å²) in [5, 5.41) is 20.3. The summed E-state index contributed by atoms with van der Waals surface area (Å²) in [6, 6.07) is 16.7. The van der Waals surface area contributed by atoms with E-state index < -0.39 is 11.9 Å². The third kappa shape index (κ3) is 5.09. The van der Waals surface area contributed by atoms with Gasteiger partial charge in [-0.1, -0.05) is 82.0 Å². The minimum Gasteiger partial charge on any atom is -0.478 e. The Bertz CT molecular complexity index is 1250. The molecule has 0 bridgehead atoms. The SMILES string of the molecule is CCCCc1cc(CC)c(-c2ccccc2C(=O)O)c(-c2ccccc2C(=O)O)c1C1CCCCC1. The molecule has 0 unspecified atom stereocenters. The van der Waals surface area contributed by atoms with Crippen LogP contribution in [0.5, 0.6) is 0 Å². The first-order chi connectivity index (χ1) is 17.5. The van der Waals surface area contributed by atoms with Gasteiger partial charge in [0, 0.05) is 0 Å². The average Bonchev–Trinajstić information content (AvgIpc) is 2.91. The third-order valence-electron chi connectivity index (χ3n) is 7.58. The van der Waals surface area contributed by atoms with Crippen molar-refractivity contribution in [1.29, 1.82) is 0 Å². The topological polar surface area (TPSA) is 74.6 Å². The highest BCUT2D eigenvalue weighted by Gasteiger charge is 2.29. The molecule has 0 atom stereocenters. The van der Waals surface area contributed by atoms with Gasteiger partial charge in [0.1, 0.15) is 0 Å². The van der Waals surface area contributed by atoms with Gasteiger partial charge in [-0.3, -0.25) is 0 Å². The molecular weight excluding hydrogens is 448 g/mol. The molecule has 1 aliphatic rings. The molecule has 188 valence electrons. The van der Waals surface area contributed by atoms with E-state index in [9.17, 15) is 19.8 Å². The molecule has 0 aliphatic heterocycles. The maximum atomic E-state index is 12.4. The molecule has 0 saturated heterocycles. The van der Waals surface area contributed by atoms with Gasteiger partial charge in [0.05, 0.1) is 11.1 Å². The molecule has 3 aromatic rings. The van der Waals surface area contributed by atoms with Gasteiger partial charge in [-0.2, -0.15) is 0 Å². The van der Waals surface area contributed by atoms with Crippen LogP contribution in [0.3, 0.4) is 0 Å². The van der Waals surface area contributed by atoms with Crippen molar-refractivity contribution in [3.63, 3.8) is 0 Å². The number of carbonyl (C=O) groups is 2. The number of aryl methyl sites for hydroxylation is 2. The van der Waals surface area contributed by atoms with E-state index in [4.69, 9.17) is 0 Å². The summed E-state index contributed by atoms with van der Waals surface area (Å²) in [5.74, 6) is -1.60. The molecule has 1 saturated carbocycles. The van der Waals surface area contributed by atoms with E-state index in [0.717, 1.165) is 68.1 Å². The second kappa shape index (κ2) is 11.6. The zero-order valence-corrected chi connectivity index (χ0v) is 21.3. The summed E-state index contributed by atoms with van der Waals surface area (Å²) in [7, 11) is 0. The Morgan fingerprint density at radius 1 is 0.778 bits per heavy atom. The number of benzene rings is 3. The van der Waals surface area contributed by atoms with Gasteiger partial charge in [0.15, 0.2) is 0 Å². The van der Waals surface area contributed by atoms with Crippen molar-refractivity contribution in [3.05, 3.63) is 82.4 Å². The maximum absolute atomic E-state index is 12.4. The van der Waals surface area contributed by atoms with Crippen LogP contribution in [0.15, 0.2) is 54.6 Å². The Hall–Kier alpha value is -3.40. The molecule has 0 heterocycles. The summed E-state index contributed by atoms with van der Waals surface area (Å²) >= 11 is 0. The fourth-order valence-electron chi connectivity index (χ4n) is 5.89. The Labute approximate surface area is 214 Å². The predicted molar refractivity (Wildman–Crippen MR) is 145 cm³/mol. The predicted octanol–water partition coefficient (Wildman–Crippen LogP) is 8.37. The summed E-state index contributed by atoms with van der Waals surface area (Å²) in [5.41, 5.74) is 7.28. The molecule has 0 radical (unpaired) electrons. The number of carboxylic acids is 2. The van der Waals surface area contributed by atoms with Crippen LogP contribution in [0.4, 0.5) is 0 Å². The van der Waals surface area contributed by atoms with Crippen LogP contribution in [0, 0.1) is 0 Å². The van der Waals surface area contributed by atoms with E-state index in [1.165, 1.54) is 17.5 Å². The molecule has 4 heteroatoms. The van der Waals surface area contributed by atoms with Crippen molar-refractivity contribution in [2.45, 2.75) is 77.6 Å². The molecule has 3 aromatic carbocycles. The molecule has 1 fully saturated rings. The van der Waals surface area contributed by atoms with Gasteiger partial charge >= 0.3 is 11.9 Å².